The molecule has 0 saturated heterocycles. The lowest BCUT2D eigenvalue weighted by molar-refractivity contribution is -0.161. The molecule has 430 valence electrons. The number of esters is 3. The van der Waals surface area contributed by atoms with Crippen LogP contribution in [0.15, 0.2) is 60.8 Å². The summed E-state index contributed by atoms with van der Waals surface area (Å²) in [4.78, 5) is 48.5. The highest BCUT2D eigenvalue weighted by Gasteiger charge is 2.28. The van der Waals surface area contributed by atoms with Crippen LogP contribution in [0.2, 0.25) is 0 Å². The Morgan fingerprint density at radius 2 is 0.703 bits per heavy atom. The average Bonchev–Trinajstić information content (AvgIpc) is 3.39. The smallest absolute Gasteiger partial charge is 0.462 e. The molecule has 0 aliphatic carbocycles. The van der Waals surface area contributed by atoms with Gasteiger partial charge in [0.05, 0.1) is 19.8 Å². The van der Waals surface area contributed by atoms with E-state index in [-0.39, 0.29) is 25.9 Å². The lowest BCUT2D eigenvalue weighted by atomic mass is 10.0. The van der Waals surface area contributed by atoms with Gasteiger partial charge in [0.15, 0.2) is 6.10 Å². The number of allylic oxidation sites excluding steroid dienone is 10. The summed E-state index contributed by atoms with van der Waals surface area (Å²) in [5.74, 6) is -1.49. The van der Waals surface area contributed by atoms with Crippen molar-refractivity contribution in [2.24, 2.45) is 0 Å². The summed E-state index contributed by atoms with van der Waals surface area (Å²) < 4.78 is 39.5. The first-order valence-electron chi connectivity index (χ1n) is 30.2. The molecule has 0 spiro atoms. The number of aliphatic hydroxyl groups excluding tert-OH is 1. The maximum Gasteiger partial charge on any atom is 0.472 e. The van der Waals surface area contributed by atoms with E-state index < -0.39 is 57.8 Å². The molecule has 0 aromatic rings. The van der Waals surface area contributed by atoms with Crippen molar-refractivity contribution < 1.29 is 52.2 Å². The van der Waals surface area contributed by atoms with Crippen LogP contribution < -0.4 is 0 Å². The van der Waals surface area contributed by atoms with Crippen molar-refractivity contribution in [3.05, 3.63) is 60.8 Å². The van der Waals surface area contributed by atoms with Crippen molar-refractivity contribution in [1.29, 1.82) is 0 Å². The number of carbonyl (C=O) groups excluding carboxylic acids is 3. The van der Waals surface area contributed by atoms with Gasteiger partial charge in [-0.1, -0.05) is 255 Å². The second-order valence-corrected chi connectivity index (χ2v) is 21.6. The zero-order valence-corrected chi connectivity index (χ0v) is 48.5. The molecule has 3 unspecified atom stereocenters. The van der Waals surface area contributed by atoms with Crippen molar-refractivity contribution in [3.8, 4) is 0 Å². The Labute approximate surface area is 453 Å². The Morgan fingerprint density at radius 1 is 0.392 bits per heavy atom. The van der Waals surface area contributed by atoms with Crippen molar-refractivity contribution in [1.82, 2.24) is 0 Å². The third-order valence-electron chi connectivity index (χ3n) is 13.0. The first-order chi connectivity index (χ1) is 36.2. The second-order valence-electron chi connectivity index (χ2n) is 20.1. The predicted octanol–water partition coefficient (Wildman–Crippen LogP) is 17.9. The molecule has 0 rings (SSSR count). The van der Waals surface area contributed by atoms with Crippen LogP contribution in [0.5, 0.6) is 0 Å². The van der Waals surface area contributed by atoms with Crippen LogP contribution in [0.1, 0.15) is 278 Å². The molecule has 11 nitrogen and oxygen atoms in total. The molecule has 0 aliphatic heterocycles. The van der Waals surface area contributed by atoms with Crippen LogP contribution in [0.3, 0.4) is 0 Å². The van der Waals surface area contributed by atoms with Crippen LogP contribution in [-0.2, 0) is 42.2 Å². The minimum Gasteiger partial charge on any atom is -0.462 e. The molecular formula is C62H111O11P. The van der Waals surface area contributed by atoms with Crippen LogP contribution in [0.4, 0.5) is 0 Å². The van der Waals surface area contributed by atoms with Gasteiger partial charge in [0.25, 0.3) is 0 Å². The van der Waals surface area contributed by atoms with Gasteiger partial charge in [-0.05, 0) is 64.2 Å². The van der Waals surface area contributed by atoms with Gasteiger partial charge < -0.3 is 24.2 Å². The SMILES string of the molecule is CC/C=C\C/C=C\C/C=C\C/C=C\C/C=C\CCCCCC(=O)OC(COC(=O)CCCCCCCCCCCCC)COP(=O)(O)OCC(CO)OC(=O)CCCCCCCCCCCCCCCCCCC. The van der Waals surface area contributed by atoms with E-state index in [9.17, 15) is 28.9 Å². The normalized spacial score (nSPS) is 13.7. The summed E-state index contributed by atoms with van der Waals surface area (Å²) in [6, 6.07) is 0. The van der Waals surface area contributed by atoms with E-state index in [0.717, 1.165) is 89.9 Å². The standard InChI is InChI=1S/C62H111O11P/c1-4-7-10-13-16-19-22-24-26-28-29-31-33-35-38-41-44-47-50-53-62(66)73-59(55-69-60(64)51-48-45-42-39-36-21-18-15-12-9-6-3)57-71-74(67,68)70-56-58(54-63)72-61(65)52-49-46-43-40-37-34-32-30-27-25-23-20-17-14-11-8-5-2/h7,10,16,19,24,26,29,31,35,38,58-59,63H,4-6,8-9,11-15,17-18,20-23,25,27-28,30,32-34,36-37,39-57H2,1-3H3,(H,67,68)/b10-7-,19-16-,26-24-,31-29-,38-35-. The summed E-state index contributed by atoms with van der Waals surface area (Å²) in [5, 5.41) is 9.83. The molecule has 0 aromatic heterocycles. The van der Waals surface area contributed by atoms with Crippen molar-refractivity contribution >= 4 is 25.7 Å². The molecule has 12 heteroatoms. The lowest BCUT2D eigenvalue weighted by Crippen LogP contribution is -2.30. The molecule has 0 radical (unpaired) electrons. The molecule has 0 amide bonds. The van der Waals surface area contributed by atoms with E-state index in [2.05, 4.69) is 81.5 Å². The van der Waals surface area contributed by atoms with Gasteiger partial charge in [-0.3, -0.25) is 23.4 Å². The van der Waals surface area contributed by atoms with Gasteiger partial charge in [-0.2, -0.15) is 0 Å². The van der Waals surface area contributed by atoms with Crippen LogP contribution >= 0.6 is 7.82 Å². The molecule has 0 bridgehead atoms. The molecule has 3 atom stereocenters. The molecule has 0 aliphatic rings. The Bertz CT molecular complexity index is 1470. The van der Waals surface area contributed by atoms with Gasteiger partial charge in [0, 0.05) is 19.3 Å². The first-order valence-corrected chi connectivity index (χ1v) is 31.7. The van der Waals surface area contributed by atoms with Crippen molar-refractivity contribution in [3.63, 3.8) is 0 Å². The quantitative estimate of drug-likeness (QED) is 0.0197. The van der Waals surface area contributed by atoms with E-state index in [1.807, 2.05) is 0 Å². The maximum absolute atomic E-state index is 12.9. The molecule has 0 fully saturated rings. The number of phosphoric ester groups is 1. The predicted molar refractivity (Wildman–Crippen MR) is 307 cm³/mol. The number of hydrogen-bond acceptors (Lipinski definition) is 10. The molecule has 2 N–H and O–H groups in total. The zero-order chi connectivity index (χ0) is 54.1. The molecule has 0 aromatic carbocycles. The number of ether oxygens (including phenoxy) is 3. The zero-order valence-electron chi connectivity index (χ0n) is 47.6. The van der Waals surface area contributed by atoms with Gasteiger partial charge in [-0.15, -0.1) is 0 Å². The number of carbonyl (C=O) groups is 3. The Kier molecular flexibility index (Phi) is 54.2. The summed E-state index contributed by atoms with van der Waals surface area (Å²) in [6.45, 7) is 4.52. The average molecular weight is 1060 g/mol. The minimum absolute atomic E-state index is 0.130. The maximum atomic E-state index is 12.9. The second kappa shape index (κ2) is 56.4. The third kappa shape index (κ3) is 54.0. The molecule has 0 heterocycles. The Morgan fingerprint density at radius 3 is 1.08 bits per heavy atom. The highest BCUT2D eigenvalue weighted by Crippen LogP contribution is 2.43. The minimum atomic E-state index is -4.75. The van der Waals surface area contributed by atoms with Crippen LogP contribution in [-0.4, -0.2) is 66.5 Å². The number of aliphatic hydroxyl groups is 1. The Balaban J connectivity index is 4.69. The van der Waals surface area contributed by atoms with Crippen molar-refractivity contribution in [2.75, 3.05) is 26.4 Å². The van der Waals surface area contributed by atoms with Gasteiger partial charge in [0.1, 0.15) is 12.7 Å². The van der Waals surface area contributed by atoms with Crippen LogP contribution in [0.25, 0.3) is 0 Å². The lowest BCUT2D eigenvalue weighted by Gasteiger charge is -2.21. The summed E-state index contributed by atoms with van der Waals surface area (Å²) in [6.07, 6.45) is 61.8. The summed E-state index contributed by atoms with van der Waals surface area (Å²) >= 11 is 0. The fourth-order valence-corrected chi connectivity index (χ4v) is 9.17. The topological polar surface area (TPSA) is 155 Å². The number of phosphoric acid groups is 1. The van der Waals surface area contributed by atoms with Gasteiger partial charge in [-0.25, -0.2) is 4.57 Å². The van der Waals surface area contributed by atoms with Crippen molar-refractivity contribution in [2.45, 2.75) is 290 Å². The molecular weight excluding hydrogens is 952 g/mol. The molecule has 0 saturated carbocycles. The number of rotatable bonds is 56. The van der Waals surface area contributed by atoms with E-state index >= 15 is 0 Å². The fourth-order valence-electron chi connectivity index (χ4n) is 8.38. The number of unbranched alkanes of at least 4 members (excludes halogenated alkanes) is 29. The highest BCUT2D eigenvalue weighted by atomic mass is 31.2. The Hall–Kier alpha value is -2.82. The summed E-state index contributed by atoms with van der Waals surface area (Å²) in [7, 11) is -4.75. The number of hydrogen-bond donors (Lipinski definition) is 2. The van der Waals surface area contributed by atoms with Gasteiger partial charge in [0.2, 0.25) is 0 Å². The van der Waals surface area contributed by atoms with E-state index in [4.69, 9.17) is 23.3 Å². The van der Waals surface area contributed by atoms with E-state index in [1.165, 1.54) is 128 Å². The third-order valence-corrected chi connectivity index (χ3v) is 13.9. The fraction of sp³-hybridized carbons (Fsp3) is 0.790. The highest BCUT2D eigenvalue weighted by molar-refractivity contribution is 7.47. The van der Waals surface area contributed by atoms with Crippen LogP contribution in [0, 0.1) is 0 Å². The first kappa shape index (κ1) is 71.2. The summed E-state index contributed by atoms with van der Waals surface area (Å²) in [5.41, 5.74) is 0. The van der Waals surface area contributed by atoms with Gasteiger partial charge >= 0.3 is 25.7 Å². The largest absolute Gasteiger partial charge is 0.472 e. The monoisotopic (exact) mass is 1060 g/mol. The van der Waals surface area contributed by atoms with E-state index in [1.54, 1.807) is 0 Å². The molecule has 74 heavy (non-hydrogen) atoms. The van der Waals surface area contributed by atoms with E-state index in [0.29, 0.717) is 19.3 Å².